The Morgan fingerprint density at radius 2 is 1.58 bits per heavy atom. The van der Waals surface area contributed by atoms with E-state index in [9.17, 15) is 33.0 Å². The highest BCUT2D eigenvalue weighted by molar-refractivity contribution is 5.33. The molecule has 0 spiro atoms. The molecule has 8 nitrogen and oxygen atoms in total. The van der Waals surface area contributed by atoms with E-state index in [1.54, 1.807) is 60.7 Å². The van der Waals surface area contributed by atoms with Crippen LogP contribution in [0, 0.1) is 0 Å². The first-order valence-electron chi connectivity index (χ1n) is 10.1. The lowest BCUT2D eigenvalue weighted by Crippen LogP contribution is -2.48. The van der Waals surface area contributed by atoms with E-state index >= 15 is 0 Å². The van der Waals surface area contributed by atoms with Crippen LogP contribution in [0.4, 0.5) is 13.2 Å². The van der Waals surface area contributed by atoms with Gasteiger partial charge in [-0.1, -0.05) is 60.7 Å². The number of rotatable bonds is 5. The Bertz CT molecular complexity index is 1190. The third kappa shape index (κ3) is 4.34. The number of benzene rings is 2. The van der Waals surface area contributed by atoms with Crippen molar-refractivity contribution in [1.82, 2.24) is 14.3 Å². The molecule has 0 aliphatic carbocycles. The Labute approximate surface area is 185 Å². The summed E-state index contributed by atoms with van der Waals surface area (Å²) in [5.74, 6) is 0. The molecular weight excluding hydrogens is 443 g/mol. The molecule has 2 N–H and O–H groups in total. The Morgan fingerprint density at radius 1 is 1.03 bits per heavy atom. The molecule has 174 valence electrons. The molecule has 11 heteroatoms. The van der Waals surface area contributed by atoms with E-state index in [4.69, 9.17) is 4.74 Å². The Kier molecular flexibility index (Phi) is 6.19. The molecule has 2 aromatic carbocycles. The maximum Gasteiger partial charge on any atom is 0.440 e. The number of hydrogen-bond acceptors (Lipinski definition) is 6. The fraction of sp³-hybridized carbons (Fsp3) is 0.318. The van der Waals surface area contributed by atoms with Crippen molar-refractivity contribution < 1.29 is 28.1 Å². The van der Waals surface area contributed by atoms with Crippen molar-refractivity contribution >= 4 is 0 Å². The van der Waals surface area contributed by atoms with Gasteiger partial charge in [-0.3, -0.25) is 4.79 Å². The van der Waals surface area contributed by atoms with E-state index < -0.39 is 54.2 Å². The molecule has 33 heavy (non-hydrogen) atoms. The minimum Gasteiger partial charge on any atom is -0.394 e. The maximum absolute atomic E-state index is 13.8. The van der Waals surface area contributed by atoms with Gasteiger partial charge in [0.1, 0.15) is 6.10 Å². The molecule has 1 saturated heterocycles. The summed E-state index contributed by atoms with van der Waals surface area (Å²) in [6, 6.07) is 15.2. The van der Waals surface area contributed by atoms with Crippen LogP contribution >= 0.6 is 0 Å². The fourth-order valence-corrected chi connectivity index (χ4v) is 3.89. The molecule has 1 fully saturated rings. The first kappa shape index (κ1) is 22.9. The van der Waals surface area contributed by atoms with E-state index in [0.29, 0.717) is 20.4 Å². The summed E-state index contributed by atoms with van der Waals surface area (Å²) in [5.41, 5.74) is -3.70. The fourth-order valence-electron chi connectivity index (χ4n) is 3.89. The van der Waals surface area contributed by atoms with E-state index in [2.05, 4.69) is 5.10 Å². The van der Waals surface area contributed by atoms with Gasteiger partial charge in [0.25, 0.3) is 5.56 Å². The summed E-state index contributed by atoms with van der Waals surface area (Å²) < 4.78 is 47.7. The van der Waals surface area contributed by atoms with Gasteiger partial charge in [-0.25, -0.2) is 9.36 Å². The van der Waals surface area contributed by atoms with Crippen LogP contribution in [0.3, 0.4) is 0 Å². The van der Waals surface area contributed by atoms with Crippen LogP contribution in [0.25, 0.3) is 0 Å². The highest BCUT2D eigenvalue weighted by Crippen LogP contribution is 2.30. The molecular formula is C22H20F3N3O5. The molecule has 1 aliphatic heterocycles. The zero-order valence-electron chi connectivity index (χ0n) is 17.1. The van der Waals surface area contributed by atoms with Crippen molar-refractivity contribution in [3.63, 3.8) is 0 Å². The van der Waals surface area contributed by atoms with Crippen LogP contribution in [0.2, 0.25) is 0 Å². The predicted octanol–water partition coefficient (Wildman–Crippen LogP) is 1.70. The van der Waals surface area contributed by atoms with Gasteiger partial charge in [-0.05, 0) is 11.1 Å². The largest absolute Gasteiger partial charge is 0.440 e. The number of halogens is 3. The minimum atomic E-state index is -5.15. The second-order valence-corrected chi connectivity index (χ2v) is 7.59. The topological polar surface area (TPSA) is 107 Å². The number of aromatic nitrogens is 3. The standard InChI is InChI=1S/C22H20F3N3O5/c23-22(24,25)19-20(31)27(21(32)28(26-19)17-11-15(30)16(12-29)33-17)18(13-7-3-1-4-8-13)14-9-5-2-6-10-14/h1-10,15-18,29-30H,11-12H2/t15-,16+,17?/m0/s1. The first-order chi connectivity index (χ1) is 15.7. The SMILES string of the molecule is O=c1c(C(F)(F)F)nn(C2C[C@H](O)[C@@H](CO)O2)c(=O)n1C(c1ccccc1)c1ccccc1. The van der Waals surface area contributed by atoms with Crippen molar-refractivity contribution in [3.8, 4) is 0 Å². The average Bonchev–Trinajstić information content (AvgIpc) is 3.17. The maximum atomic E-state index is 13.8. The van der Waals surface area contributed by atoms with Crippen LogP contribution in [0.15, 0.2) is 70.3 Å². The van der Waals surface area contributed by atoms with Gasteiger partial charge in [0.05, 0.1) is 18.8 Å². The van der Waals surface area contributed by atoms with E-state index in [0.717, 1.165) is 0 Å². The summed E-state index contributed by atoms with van der Waals surface area (Å²) in [4.78, 5) is 26.4. The lowest BCUT2D eigenvalue weighted by atomic mass is 9.98. The Balaban J connectivity index is 2.00. The number of ether oxygens (including phenoxy) is 1. The van der Waals surface area contributed by atoms with E-state index in [1.807, 2.05) is 0 Å². The molecule has 1 aliphatic rings. The molecule has 3 atom stereocenters. The molecule has 1 aromatic heterocycles. The molecule has 0 amide bonds. The summed E-state index contributed by atoms with van der Waals surface area (Å²) in [5, 5.41) is 22.6. The van der Waals surface area contributed by atoms with Gasteiger partial charge >= 0.3 is 11.9 Å². The Morgan fingerprint density at radius 3 is 2.03 bits per heavy atom. The number of aliphatic hydroxyl groups excluding tert-OH is 2. The van der Waals surface area contributed by atoms with Crippen molar-refractivity contribution in [2.45, 2.75) is 37.1 Å². The average molecular weight is 463 g/mol. The zero-order chi connectivity index (χ0) is 23.8. The second kappa shape index (κ2) is 8.93. The van der Waals surface area contributed by atoms with Crippen LogP contribution in [0.1, 0.15) is 35.5 Å². The quantitative estimate of drug-likeness (QED) is 0.597. The number of alkyl halides is 3. The van der Waals surface area contributed by atoms with Crippen molar-refractivity contribution in [3.05, 3.63) is 98.3 Å². The molecule has 4 rings (SSSR count). The highest BCUT2D eigenvalue weighted by atomic mass is 19.4. The van der Waals surface area contributed by atoms with E-state index in [1.165, 1.54) is 0 Å². The number of hydrogen-bond donors (Lipinski definition) is 2. The van der Waals surface area contributed by atoms with Crippen LogP contribution in [-0.2, 0) is 10.9 Å². The predicted molar refractivity (Wildman–Crippen MR) is 110 cm³/mol. The summed E-state index contributed by atoms with van der Waals surface area (Å²) in [6.45, 7) is -0.602. The highest BCUT2D eigenvalue weighted by Gasteiger charge is 2.42. The summed E-state index contributed by atoms with van der Waals surface area (Å²) >= 11 is 0. The smallest absolute Gasteiger partial charge is 0.394 e. The third-order valence-corrected chi connectivity index (χ3v) is 5.45. The normalized spacial score (nSPS) is 21.0. The van der Waals surface area contributed by atoms with Crippen LogP contribution in [-0.4, -0.2) is 43.4 Å². The van der Waals surface area contributed by atoms with Crippen molar-refractivity contribution in [1.29, 1.82) is 0 Å². The molecule has 1 unspecified atom stereocenters. The summed E-state index contributed by atoms with van der Waals surface area (Å²) in [7, 11) is 0. The van der Waals surface area contributed by atoms with Gasteiger partial charge < -0.3 is 14.9 Å². The molecule has 0 bridgehead atoms. The molecule has 2 heterocycles. The van der Waals surface area contributed by atoms with Gasteiger partial charge in [0.2, 0.25) is 5.69 Å². The summed E-state index contributed by atoms with van der Waals surface area (Å²) in [6.07, 6.45) is -9.15. The van der Waals surface area contributed by atoms with E-state index in [-0.39, 0.29) is 6.42 Å². The van der Waals surface area contributed by atoms with Gasteiger partial charge in [0, 0.05) is 6.42 Å². The Hall–Kier alpha value is -3.28. The molecule has 3 aromatic rings. The molecule has 0 saturated carbocycles. The monoisotopic (exact) mass is 463 g/mol. The number of aliphatic hydroxyl groups is 2. The third-order valence-electron chi connectivity index (χ3n) is 5.45. The lowest BCUT2D eigenvalue weighted by Gasteiger charge is -2.23. The number of nitrogens with zero attached hydrogens (tertiary/aromatic N) is 3. The van der Waals surface area contributed by atoms with Crippen molar-refractivity contribution in [2.75, 3.05) is 6.61 Å². The second-order valence-electron chi connectivity index (χ2n) is 7.59. The lowest BCUT2D eigenvalue weighted by molar-refractivity contribution is -0.145. The van der Waals surface area contributed by atoms with Crippen LogP contribution in [0.5, 0.6) is 0 Å². The van der Waals surface area contributed by atoms with Gasteiger partial charge in [-0.15, -0.1) is 0 Å². The first-order valence-corrected chi connectivity index (χ1v) is 10.1. The zero-order valence-corrected chi connectivity index (χ0v) is 17.1. The molecule has 0 radical (unpaired) electrons. The van der Waals surface area contributed by atoms with Gasteiger partial charge in [0.15, 0.2) is 6.23 Å². The van der Waals surface area contributed by atoms with Crippen molar-refractivity contribution in [2.24, 2.45) is 0 Å². The minimum absolute atomic E-state index is 0.283. The van der Waals surface area contributed by atoms with Crippen LogP contribution < -0.4 is 11.2 Å². The van der Waals surface area contributed by atoms with Gasteiger partial charge in [-0.2, -0.15) is 23.0 Å².